The second-order valence-corrected chi connectivity index (χ2v) is 4.20. The fourth-order valence-electron chi connectivity index (χ4n) is 1.70. The first-order valence-electron chi connectivity index (χ1n) is 5.40. The Balaban J connectivity index is 1.96. The van der Waals surface area contributed by atoms with Gasteiger partial charge in [0.25, 0.3) is 0 Å². The molecule has 1 saturated carbocycles. The number of amides is 2. The van der Waals surface area contributed by atoms with Crippen molar-refractivity contribution in [2.75, 3.05) is 5.32 Å². The molecule has 2 atom stereocenters. The number of nitrogens with one attached hydrogen (secondary N) is 1. The Bertz CT molecular complexity index is 509. The summed E-state index contributed by atoms with van der Waals surface area (Å²) in [5.41, 5.74) is 5.91. The van der Waals surface area contributed by atoms with E-state index in [9.17, 15) is 19.5 Å². The lowest BCUT2D eigenvalue weighted by molar-refractivity contribution is -0.308. The first kappa shape index (κ1) is 12.1. The lowest BCUT2D eigenvalue weighted by atomic mass is 10.2. The predicted molar refractivity (Wildman–Crippen MR) is 60.2 cm³/mol. The first-order chi connectivity index (χ1) is 8.49. The minimum Gasteiger partial charge on any atom is -0.550 e. The van der Waals surface area contributed by atoms with Crippen LogP contribution in [0.3, 0.4) is 0 Å². The van der Waals surface area contributed by atoms with E-state index < -0.39 is 23.7 Å². The van der Waals surface area contributed by atoms with E-state index in [0.717, 1.165) is 0 Å². The summed E-state index contributed by atoms with van der Waals surface area (Å²) in [5, 5.41) is 13.1. The normalized spacial score (nSPS) is 21.1. The molecule has 1 aliphatic carbocycles. The maximum atomic E-state index is 11.6. The number of anilines is 1. The van der Waals surface area contributed by atoms with Gasteiger partial charge in [0.15, 0.2) is 0 Å². The number of primary amides is 1. The van der Waals surface area contributed by atoms with Crippen LogP contribution in [-0.2, 0) is 9.59 Å². The molecule has 0 heterocycles. The summed E-state index contributed by atoms with van der Waals surface area (Å²) < 4.78 is 0. The summed E-state index contributed by atoms with van der Waals surface area (Å²) >= 11 is 0. The number of rotatable bonds is 4. The maximum absolute atomic E-state index is 11.6. The van der Waals surface area contributed by atoms with Gasteiger partial charge in [0.2, 0.25) is 11.8 Å². The van der Waals surface area contributed by atoms with Crippen molar-refractivity contribution < 1.29 is 19.5 Å². The van der Waals surface area contributed by atoms with Crippen LogP contribution in [0.15, 0.2) is 24.3 Å². The molecule has 3 N–H and O–H groups in total. The molecule has 2 rings (SSSR count). The van der Waals surface area contributed by atoms with Gasteiger partial charge in [-0.3, -0.25) is 9.59 Å². The summed E-state index contributed by atoms with van der Waals surface area (Å²) in [6.45, 7) is 0. The number of aliphatic carboxylic acids is 1. The van der Waals surface area contributed by atoms with Crippen LogP contribution in [0, 0.1) is 11.8 Å². The van der Waals surface area contributed by atoms with Crippen LogP contribution in [0.1, 0.15) is 16.8 Å². The van der Waals surface area contributed by atoms with E-state index in [1.165, 1.54) is 24.3 Å². The molecule has 1 aliphatic rings. The van der Waals surface area contributed by atoms with E-state index in [1.54, 1.807) is 0 Å². The van der Waals surface area contributed by atoms with E-state index in [0.29, 0.717) is 17.7 Å². The smallest absolute Gasteiger partial charge is 0.248 e. The Hall–Kier alpha value is -2.37. The minimum absolute atomic E-state index is 0.313. The van der Waals surface area contributed by atoms with Crippen LogP contribution in [0.25, 0.3) is 0 Å². The fourth-order valence-corrected chi connectivity index (χ4v) is 1.70. The molecule has 0 radical (unpaired) electrons. The molecule has 1 aromatic carbocycles. The molecule has 0 saturated heterocycles. The van der Waals surface area contributed by atoms with E-state index >= 15 is 0 Å². The first-order valence-corrected chi connectivity index (χ1v) is 5.40. The molecule has 6 heteroatoms. The van der Waals surface area contributed by atoms with Crippen molar-refractivity contribution in [2.24, 2.45) is 17.6 Å². The summed E-state index contributed by atoms with van der Waals surface area (Å²) in [5.74, 6) is -3.30. The highest BCUT2D eigenvalue weighted by atomic mass is 16.4. The van der Waals surface area contributed by atoms with Gasteiger partial charge < -0.3 is 21.0 Å². The van der Waals surface area contributed by atoms with Crippen LogP contribution in [-0.4, -0.2) is 17.8 Å². The zero-order valence-corrected chi connectivity index (χ0v) is 9.38. The Morgan fingerprint density at radius 1 is 1.17 bits per heavy atom. The van der Waals surface area contributed by atoms with Gasteiger partial charge >= 0.3 is 0 Å². The summed E-state index contributed by atoms with van der Waals surface area (Å²) in [6, 6.07) is 6.05. The molecule has 1 aromatic rings. The highest BCUT2D eigenvalue weighted by Crippen LogP contribution is 2.38. The monoisotopic (exact) mass is 247 g/mol. The van der Waals surface area contributed by atoms with Crippen LogP contribution >= 0.6 is 0 Å². The van der Waals surface area contributed by atoms with Gasteiger partial charge in [-0.25, -0.2) is 0 Å². The zero-order chi connectivity index (χ0) is 13.3. The van der Waals surface area contributed by atoms with E-state index in [4.69, 9.17) is 5.73 Å². The summed E-state index contributed by atoms with van der Waals surface area (Å²) in [7, 11) is 0. The molecule has 2 amide bonds. The van der Waals surface area contributed by atoms with Gasteiger partial charge in [-0.05, 0) is 30.7 Å². The third kappa shape index (κ3) is 2.48. The standard InChI is InChI=1S/C12H12N2O4/c13-10(15)6-1-3-7(4-2-6)14-11(16)8-5-9(8)12(17)18/h1-4,8-9H,5H2,(H2,13,15)(H,14,16)(H,17,18)/p-1/t8-,9+/m0/s1. The molecule has 6 nitrogen and oxygen atoms in total. The third-order valence-electron chi connectivity index (χ3n) is 2.87. The third-order valence-corrected chi connectivity index (χ3v) is 2.87. The lowest BCUT2D eigenvalue weighted by Gasteiger charge is -2.05. The average molecular weight is 247 g/mol. The van der Waals surface area contributed by atoms with E-state index in [-0.39, 0.29) is 5.91 Å². The Labute approximate surface area is 103 Å². The van der Waals surface area contributed by atoms with Crippen LogP contribution in [0.2, 0.25) is 0 Å². The lowest BCUT2D eigenvalue weighted by Crippen LogP contribution is -2.27. The van der Waals surface area contributed by atoms with Crippen molar-refractivity contribution >= 4 is 23.5 Å². The van der Waals surface area contributed by atoms with Gasteiger partial charge in [0.05, 0.1) is 0 Å². The van der Waals surface area contributed by atoms with E-state index in [2.05, 4.69) is 5.32 Å². The minimum atomic E-state index is -1.20. The number of benzene rings is 1. The van der Waals surface area contributed by atoms with Crippen molar-refractivity contribution in [1.29, 1.82) is 0 Å². The van der Waals surface area contributed by atoms with Crippen molar-refractivity contribution in [3.8, 4) is 0 Å². The van der Waals surface area contributed by atoms with Gasteiger partial charge in [-0.15, -0.1) is 0 Å². The Kier molecular flexibility index (Phi) is 3.01. The van der Waals surface area contributed by atoms with Gasteiger partial charge in [0.1, 0.15) is 0 Å². The predicted octanol–water partition coefficient (Wildman–Crippen LogP) is -0.890. The topological polar surface area (TPSA) is 112 Å². The molecule has 1 fully saturated rings. The molecule has 0 bridgehead atoms. The summed E-state index contributed by atoms with van der Waals surface area (Å²) in [4.78, 5) is 33.0. The highest BCUT2D eigenvalue weighted by molar-refractivity contribution is 5.98. The quantitative estimate of drug-likeness (QED) is 0.718. The average Bonchev–Trinajstić information content (AvgIpc) is 3.09. The molecule has 0 spiro atoms. The largest absolute Gasteiger partial charge is 0.550 e. The number of hydrogen-bond acceptors (Lipinski definition) is 4. The molecule has 94 valence electrons. The van der Waals surface area contributed by atoms with Gasteiger partial charge in [-0.1, -0.05) is 0 Å². The van der Waals surface area contributed by atoms with Crippen LogP contribution in [0.4, 0.5) is 5.69 Å². The molecule has 0 aliphatic heterocycles. The number of carbonyl (C=O) groups excluding carboxylic acids is 3. The molecular weight excluding hydrogens is 236 g/mol. The van der Waals surface area contributed by atoms with Gasteiger partial charge in [-0.2, -0.15) is 0 Å². The highest BCUT2D eigenvalue weighted by Gasteiger charge is 2.43. The van der Waals surface area contributed by atoms with Crippen LogP contribution in [0.5, 0.6) is 0 Å². The molecular formula is C12H11N2O4-. The van der Waals surface area contributed by atoms with Gasteiger partial charge in [0, 0.05) is 29.1 Å². The number of carbonyl (C=O) groups is 3. The van der Waals surface area contributed by atoms with Crippen molar-refractivity contribution in [1.82, 2.24) is 0 Å². The molecule has 18 heavy (non-hydrogen) atoms. The second kappa shape index (κ2) is 4.48. The number of hydrogen-bond donors (Lipinski definition) is 2. The Morgan fingerprint density at radius 2 is 1.78 bits per heavy atom. The fraction of sp³-hybridized carbons (Fsp3) is 0.250. The van der Waals surface area contributed by atoms with Crippen molar-refractivity contribution in [3.05, 3.63) is 29.8 Å². The molecule has 0 unspecified atom stereocenters. The second-order valence-electron chi connectivity index (χ2n) is 4.20. The van der Waals surface area contributed by atoms with Crippen molar-refractivity contribution in [2.45, 2.75) is 6.42 Å². The van der Waals surface area contributed by atoms with Crippen LogP contribution < -0.4 is 16.2 Å². The SMILES string of the molecule is NC(=O)c1ccc(NC(=O)[C@H]2C[C@H]2C(=O)[O-])cc1. The van der Waals surface area contributed by atoms with Crippen molar-refractivity contribution in [3.63, 3.8) is 0 Å². The maximum Gasteiger partial charge on any atom is 0.248 e. The van der Waals surface area contributed by atoms with E-state index in [1.807, 2.05) is 0 Å². The number of carboxylic acid groups (broad SMARTS) is 1. The number of carboxylic acids is 1. The molecule has 0 aromatic heterocycles. The summed E-state index contributed by atoms with van der Waals surface area (Å²) in [6.07, 6.45) is 0.313. The number of nitrogens with two attached hydrogens (primary N) is 1. The zero-order valence-electron chi connectivity index (χ0n) is 9.38. The Morgan fingerprint density at radius 3 is 2.22 bits per heavy atom.